The van der Waals surface area contributed by atoms with E-state index in [1.165, 1.54) is 19.4 Å². The highest BCUT2D eigenvalue weighted by molar-refractivity contribution is 6.33. The third kappa shape index (κ3) is 3.96. The van der Waals surface area contributed by atoms with Crippen LogP contribution in [-0.2, 0) is 4.74 Å². The molecule has 0 radical (unpaired) electrons. The van der Waals surface area contributed by atoms with Crippen molar-refractivity contribution in [1.29, 1.82) is 0 Å². The number of para-hydroxylation sites is 1. The molecule has 0 saturated carbocycles. The Morgan fingerprint density at radius 1 is 1.32 bits per heavy atom. The number of carbonyl (C=O) groups excluding carboxylic acids is 1. The summed E-state index contributed by atoms with van der Waals surface area (Å²) in [6.45, 7) is 1.03. The van der Waals surface area contributed by atoms with Crippen molar-refractivity contribution in [3.63, 3.8) is 0 Å². The Morgan fingerprint density at radius 2 is 2.16 bits per heavy atom. The highest BCUT2D eigenvalue weighted by Gasteiger charge is 2.33. The minimum Gasteiger partial charge on any atom is -0.492 e. The average Bonchev–Trinajstić information content (AvgIpc) is 3.14. The van der Waals surface area contributed by atoms with Gasteiger partial charge >= 0.3 is 0 Å². The van der Waals surface area contributed by atoms with Crippen molar-refractivity contribution in [3.05, 3.63) is 58.8 Å². The summed E-state index contributed by atoms with van der Waals surface area (Å²) in [7, 11) is 3.03. The summed E-state index contributed by atoms with van der Waals surface area (Å²) in [5, 5.41) is 6.56. The number of anilines is 2. The lowest BCUT2D eigenvalue weighted by Crippen LogP contribution is -2.35. The van der Waals surface area contributed by atoms with E-state index >= 15 is 0 Å². The second kappa shape index (κ2) is 8.95. The topological polar surface area (TPSA) is 88.3 Å². The number of hydrogen-bond acceptors (Lipinski definition) is 5. The fourth-order valence-corrected chi connectivity index (χ4v) is 4.04. The summed E-state index contributed by atoms with van der Waals surface area (Å²) in [4.78, 5) is 20.4. The van der Waals surface area contributed by atoms with Crippen molar-refractivity contribution in [2.75, 3.05) is 32.7 Å². The first-order chi connectivity index (χ1) is 15.0. The molecule has 1 amide bonds. The number of H-pyrrole nitrogens is 1. The molecule has 1 aliphatic heterocycles. The quantitative estimate of drug-likeness (QED) is 0.500. The second-order valence-electron chi connectivity index (χ2n) is 7.15. The van der Waals surface area contributed by atoms with Crippen molar-refractivity contribution >= 4 is 28.9 Å². The normalized spacial score (nSPS) is 15.4. The molecule has 0 spiro atoms. The second-order valence-corrected chi connectivity index (χ2v) is 7.56. The van der Waals surface area contributed by atoms with Gasteiger partial charge in [-0.05, 0) is 24.6 Å². The Hall–Kier alpha value is -3.10. The molecule has 0 fully saturated rings. The lowest BCUT2D eigenvalue weighted by atomic mass is 9.94. The number of fused-ring (bicyclic) bond motifs is 1. The largest absolute Gasteiger partial charge is 0.492 e. The highest BCUT2D eigenvalue weighted by atomic mass is 35.5. The molecule has 3 aromatic rings. The number of nitrogens with one attached hydrogen (secondary N) is 3. The Labute approximate surface area is 183 Å². The molecule has 7 nitrogen and oxygen atoms in total. The molecule has 162 valence electrons. The average molecular weight is 445 g/mol. The zero-order chi connectivity index (χ0) is 22.0. The fraction of sp³-hybridized carbons (Fsp3) is 0.273. The van der Waals surface area contributed by atoms with Crippen LogP contribution in [0.2, 0.25) is 5.02 Å². The molecule has 3 heterocycles. The van der Waals surface area contributed by atoms with Crippen LogP contribution in [-0.4, -0.2) is 43.2 Å². The van der Waals surface area contributed by atoms with Gasteiger partial charge in [-0.25, -0.2) is 4.39 Å². The van der Waals surface area contributed by atoms with Crippen LogP contribution in [0.15, 0.2) is 36.7 Å². The highest BCUT2D eigenvalue weighted by Crippen LogP contribution is 2.43. The van der Waals surface area contributed by atoms with Gasteiger partial charge < -0.3 is 25.1 Å². The Bertz CT molecular complexity index is 1120. The SMILES string of the molecule is COCC[C@@H]1CNC(=O)c2c1[nH]c(-c1ccncc1Cl)c2Nc1cccc(F)c1OC. The maximum absolute atomic E-state index is 14.3. The molecule has 0 unspecified atom stereocenters. The molecule has 4 rings (SSSR count). The van der Waals surface area contributed by atoms with Gasteiger partial charge in [0.1, 0.15) is 0 Å². The van der Waals surface area contributed by atoms with Gasteiger partial charge in [0, 0.05) is 49.8 Å². The molecule has 2 aromatic heterocycles. The molecule has 31 heavy (non-hydrogen) atoms. The van der Waals surface area contributed by atoms with Crippen molar-refractivity contribution in [2.24, 2.45) is 0 Å². The number of halogens is 2. The number of aromatic amines is 1. The number of methoxy groups -OCH3 is 2. The lowest BCUT2D eigenvalue weighted by molar-refractivity contribution is 0.0935. The van der Waals surface area contributed by atoms with Crippen LogP contribution in [0, 0.1) is 5.82 Å². The van der Waals surface area contributed by atoms with E-state index in [-0.39, 0.29) is 17.6 Å². The van der Waals surface area contributed by atoms with Gasteiger partial charge in [-0.1, -0.05) is 17.7 Å². The molecular weight excluding hydrogens is 423 g/mol. The molecule has 3 N–H and O–H groups in total. The van der Waals surface area contributed by atoms with Gasteiger partial charge in [0.25, 0.3) is 5.91 Å². The maximum Gasteiger partial charge on any atom is 0.255 e. The predicted octanol–water partition coefficient (Wildman–Crippen LogP) is 4.48. The first-order valence-corrected chi connectivity index (χ1v) is 10.1. The summed E-state index contributed by atoms with van der Waals surface area (Å²) < 4.78 is 24.8. The summed E-state index contributed by atoms with van der Waals surface area (Å²) in [5.74, 6) is -0.662. The van der Waals surface area contributed by atoms with Crippen LogP contribution >= 0.6 is 11.6 Å². The number of nitrogens with zero attached hydrogens (tertiary/aromatic N) is 1. The van der Waals surface area contributed by atoms with Gasteiger partial charge in [-0.15, -0.1) is 0 Å². The van der Waals surface area contributed by atoms with Crippen LogP contribution in [0.25, 0.3) is 11.3 Å². The number of benzene rings is 1. The predicted molar refractivity (Wildman–Crippen MR) is 117 cm³/mol. The molecule has 1 atom stereocenters. The van der Waals surface area contributed by atoms with Crippen molar-refractivity contribution in [3.8, 4) is 17.0 Å². The van der Waals surface area contributed by atoms with E-state index in [1.807, 2.05) is 0 Å². The Kier molecular flexibility index (Phi) is 6.11. The first kappa shape index (κ1) is 21.1. The van der Waals surface area contributed by atoms with Gasteiger partial charge in [-0.3, -0.25) is 9.78 Å². The molecule has 0 saturated heterocycles. The van der Waals surface area contributed by atoms with Crippen LogP contribution in [0.1, 0.15) is 28.4 Å². The molecule has 0 aliphatic carbocycles. The smallest absolute Gasteiger partial charge is 0.255 e. The summed E-state index contributed by atoms with van der Waals surface area (Å²) in [5.41, 5.74) is 3.41. The number of carbonyl (C=O) groups is 1. The van der Waals surface area contributed by atoms with Crippen LogP contribution in [0.4, 0.5) is 15.8 Å². The molecule has 1 aliphatic rings. The van der Waals surface area contributed by atoms with Crippen molar-refractivity contribution < 1.29 is 18.7 Å². The van der Waals surface area contributed by atoms with Gasteiger partial charge in [0.05, 0.1) is 34.8 Å². The maximum atomic E-state index is 14.3. The number of amides is 1. The summed E-state index contributed by atoms with van der Waals surface area (Å²) in [6, 6.07) is 6.32. The minimum atomic E-state index is -0.511. The van der Waals surface area contributed by atoms with Crippen LogP contribution in [0.3, 0.4) is 0 Å². The molecule has 1 aromatic carbocycles. The molecule has 0 bridgehead atoms. The zero-order valence-electron chi connectivity index (χ0n) is 17.1. The van der Waals surface area contributed by atoms with Gasteiger partial charge in [0.15, 0.2) is 11.6 Å². The molecule has 9 heteroatoms. The third-order valence-corrected chi connectivity index (χ3v) is 5.62. The fourth-order valence-electron chi connectivity index (χ4n) is 3.83. The van der Waals surface area contributed by atoms with E-state index in [0.29, 0.717) is 46.4 Å². The lowest BCUT2D eigenvalue weighted by Gasteiger charge is -2.23. The monoisotopic (exact) mass is 444 g/mol. The van der Waals surface area contributed by atoms with E-state index < -0.39 is 5.82 Å². The summed E-state index contributed by atoms with van der Waals surface area (Å²) in [6.07, 6.45) is 3.87. The number of aromatic nitrogens is 2. The first-order valence-electron chi connectivity index (χ1n) is 9.77. The van der Waals surface area contributed by atoms with Crippen molar-refractivity contribution in [2.45, 2.75) is 12.3 Å². The van der Waals surface area contributed by atoms with E-state index in [0.717, 1.165) is 12.1 Å². The molecular formula is C22H22ClFN4O3. The Balaban J connectivity index is 1.90. The number of pyridine rings is 1. The minimum absolute atomic E-state index is 0.0250. The van der Waals surface area contributed by atoms with Gasteiger partial charge in [0.2, 0.25) is 0 Å². The number of hydrogen-bond donors (Lipinski definition) is 3. The number of rotatable bonds is 7. The van der Waals surface area contributed by atoms with Crippen LogP contribution < -0.4 is 15.4 Å². The van der Waals surface area contributed by atoms with Crippen LogP contribution in [0.5, 0.6) is 5.75 Å². The standard InChI is InChI=1S/C22H22ClFN4O3/c1-30-9-7-12-10-26-22(29)17-18(12)28-19(13-6-8-25-11-14(13)23)20(17)27-16-5-3-4-15(24)21(16)31-2/h3-6,8,11-12,27-28H,7,9-10H2,1-2H3,(H,26,29)/t12-/m1/s1. The van der Waals surface area contributed by atoms with E-state index in [2.05, 4.69) is 20.6 Å². The third-order valence-electron chi connectivity index (χ3n) is 5.32. The van der Waals surface area contributed by atoms with Crippen molar-refractivity contribution in [1.82, 2.24) is 15.3 Å². The Morgan fingerprint density at radius 3 is 2.90 bits per heavy atom. The van der Waals surface area contributed by atoms with Gasteiger partial charge in [-0.2, -0.15) is 0 Å². The van der Waals surface area contributed by atoms with E-state index in [1.54, 1.807) is 31.5 Å². The zero-order valence-corrected chi connectivity index (χ0v) is 17.8. The number of ether oxygens (including phenoxy) is 2. The summed E-state index contributed by atoms with van der Waals surface area (Å²) >= 11 is 6.42. The van der Waals surface area contributed by atoms with E-state index in [9.17, 15) is 9.18 Å². The van der Waals surface area contributed by atoms with E-state index in [4.69, 9.17) is 21.1 Å².